The summed E-state index contributed by atoms with van der Waals surface area (Å²) < 4.78 is 72.6. The second-order valence-electron chi connectivity index (χ2n) is 34.0. The molecule has 6 aromatic carbocycles. The number of pyridine rings is 3. The minimum absolute atomic E-state index is 0.0134. The zero-order valence-corrected chi connectivity index (χ0v) is 76.0. The zero-order chi connectivity index (χ0) is 91.5. The third-order valence-electron chi connectivity index (χ3n) is 25.4. The van der Waals surface area contributed by atoms with E-state index >= 15 is 0 Å². The SMILES string of the molecule is Cc1cc(C)c(C(=O)N2CCN(c3ccccc3S(N)(=O)=O)C[C@@H]2C)nc1CC1CCN(c2ccccc2C#N)CC1.Cc1cc(C)c(C(=O)N2CCN(c3ncccc3S(N)(=O)=O)CC2)nc1CC1CCN(c2ccccc2C#N)CC1.Cc1cc(C)c(N(CC(N)=O)C2CCN(c3ccccc3C#N)CC2)cc1C(=O)N1CCN(c2ccccc2S(N)(=O)=O)CC1. The molecular weight excluding hydrogens is 1680 g/mol. The first-order chi connectivity index (χ1) is 61.2. The molecule has 30 nitrogen and oxygen atoms in total. The van der Waals surface area contributed by atoms with Gasteiger partial charge in [-0.25, -0.2) is 55.6 Å². The number of nitrogens with two attached hydrogens (primary N) is 4. The average Bonchev–Trinajstić information content (AvgIpc) is 0.778. The van der Waals surface area contributed by atoms with E-state index in [0.29, 0.717) is 148 Å². The summed E-state index contributed by atoms with van der Waals surface area (Å²) in [5.41, 5.74) is 21.7. The van der Waals surface area contributed by atoms with Crippen LogP contribution in [-0.2, 0) is 47.7 Å². The van der Waals surface area contributed by atoms with Crippen molar-refractivity contribution in [3.63, 3.8) is 0 Å². The smallest absolute Gasteiger partial charge is 0.273 e. The number of aromatic nitrogens is 3. The van der Waals surface area contributed by atoms with Gasteiger partial charge < -0.3 is 54.7 Å². The number of benzene rings is 6. The van der Waals surface area contributed by atoms with Gasteiger partial charge in [-0.1, -0.05) is 78.9 Å². The minimum Gasteiger partial charge on any atom is -0.370 e. The largest absolute Gasteiger partial charge is 0.370 e. The molecule has 4 amide bonds. The Morgan fingerprint density at radius 3 is 1.23 bits per heavy atom. The molecule has 670 valence electrons. The summed E-state index contributed by atoms with van der Waals surface area (Å²) in [5.74, 6) is 0.450. The minimum atomic E-state index is -3.91. The van der Waals surface area contributed by atoms with Crippen LogP contribution in [-0.4, -0.2) is 208 Å². The Morgan fingerprint density at radius 2 is 0.789 bits per heavy atom. The maximum Gasteiger partial charge on any atom is 0.273 e. The summed E-state index contributed by atoms with van der Waals surface area (Å²) in [6, 6.07) is 54.1. The fourth-order valence-corrected chi connectivity index (χ4v) is 20.8. The van der Waals surface area contributed by atoms with E-state index in [1.54, 1.807) is 52.3 Å². The molecule has 6 fully saturated rings. The van der Waals surface area contributed by atoms with Gasteiger partial charge >= 0.3 is 0 Å². The Morgan fingerprint density at radius 1 is 0.414 bits per heavy atom. The number of aryl methyl sites for hydroxylation is 6. The van der Waals surface area contributed by atoms with Gasteiger partial charge in [-0.05, 0) is 224 Å². The summed E-state index contributed by atoms with van der Waals surface area (Å²) in [4.78, 5) is 87.8. The van der Waals surface area contributed by atoms with Crippen LogP contribution in [0.3, 0.4) is 0 Å². The molecule has 0 aliphatic carbocycles. The molecule has 0 unspecified atom stereocenters. The van der Waals surface area contributed by atoms with Crippen LogP contribution in [0.25, 0.3) is 0 Å². The van der Waals surface area contributed by atoms with Crippen molar-refractivity contribution in [3.05, 3.63) is 242 Å². The highest BCUT2D eigenvalue weighted by atomic mass is 32.2. The van der Waals surface area contributed by atoms with Crippen LogP contribution < -0.4 is 55.4 Å². The van der Waals surface area contributed by atoms with Crippen molar-refractivity contribution in [2.75, 3.05) is 152 Å². The number of nitrogens with zero attached hydrogens (tertiary/aromatic N) is 16. The van der Waals surface area contributed by atoms with E-state index < -0.39 is 36.0 Å². The summed E-state index contributed by atoms with van der Waals surface area (Å²) in [6.07, 6.45) is 8.66. The molecule has 9 heterocycles. The average molecular weight is 1790 g/mol. The van der Waals surface area contributed by atoms with Crippen LogP contribution in [0.15, 0.2) is 179 Å². The zero-order valence-electron chi connectivity index (χ0n) is 73.6. The van der Waals surface area contributed by atoms with Crippen molar-refractivity contribution in [1.82, 2.24) is 29.7 Å². The van der Waals surface area contributed by atoms with E-state index in [1.165, 1.54) is 24.4 Å². The maximum atomic E-state index is 13.9. The molecule has 6 aliphatic heterocycles. The highest BCUT2D eigenvalue weighted by molar-refractivity contribution is 7.89. The molecular formula is C95H112N20O10S3. The number of hydrogen-bond acceptors (Lipinski definition) is 23. The standard InChI is InChI=1S/C33H39N7O4S.C32H38N6O3S.C30H35N7O3S/c1-23-19-24(2)30(40(22-32(35)41)26-11-13-37(14-12-26)28-8-4-3-7-25(28)21-34)20-27(23)33(42)39-17-15-38(16-18-39)29-9-5-6-10-31(29)45(36,43)44;1-22-18-23(2)31(35-27(22)19-25-12-14-36(15-13-25)28-9-5-4-8-26(28)20-33)32(39)38-17-16-37(21-24(38)3)29-10-6-7-11-30(29)42(34,40)41;1-21-18-22(2)28(30(38)37-16-14-36(15-17-37)29-27(41(32,39)40)8-5-11-33-29)34-25(21)19-23-9-12-35(13-10-23)26-7-4-3-6-24(26)20-31/h3-10,19-20,26H,11-18,22H2,1-2H3,(H2,35,41)(H2,36,43,44);4-11,18,24-25H,12-17,19,21H2,1-3H3,(H2,34,40,41);3-8,11,18,23H,9-10,12-17,19H2,1-2H3,(H2,32,39,40)/t;24-;/m.0./s1. The molecule has 128 heavy (non-hydrogen) atoms. The van der Waals surface area contributed by atoms with Crippen molar-refractivity contribution in [1.29, 1.82) is 15.8 Å². The highest BCUT2D eigenvalue weighted by Crippen LogP contribution is 2.37. The number of amides is 4. The van der Waals surface area contributed by atoms with Crippen LogP contribution >= 0.6 is 0 Å². The molecule has 33 heteroatoms. The van der Waals surface area contributed by atoms with Crippen molar-refractivity contribution in [2.45, 2.75) is 127 Å². The van der Waals surface area contributed by atoms with Gasteiger partial charge in [0, 0.05) is 152 Å². The van der Waals surface area contributed by atoms with Gasteiger partial charge in [0.15, 0.2) is 0 Å². The van der Waals surface area contributed by atoms with E-state index in [-0.39, 0.29) is 51.0 Å². The number of para-hydroxylation sites is 5. The van der Waals surface area contributed by atoms with Crippen molar-refractivity contribution in [3.8, 4) is 18.2 Å². The Hall–Kier alpha value is -12.6. The van der Waals surface area contributed by atoms with E-state index in [9.17, 15) is 60.2 Å². The number of carbonyl (C=O) groups excluding carboxylic acids is 4. The number of piperazine rings is 3. The normalized spacial score (nSPS) is 16.8. The summed E-state index contributed by atoms with van der Waals surface area (Å²) >= 11 is 0. The number of anilines is 7. The number of piperidine rings is 3. The topological polar surface area (TPSA) is 417 Å². The van der Waals surface area contributed by atoms with Gasteiger partial charge in [-0.15, -0.1) is 0 Å². The monoisotopic (exact) mass is 1790 g/mol. The molecule has 0 spiro atoms. The van der Waals surface area contributed by atoms with E-state index in [4.69, 9.17) is 31.1 Å². The lowest BCUT2D eigenvalue weighted by Gasteiger charge is -2.41. The molecule has 9 aromatic rings. The van der Waals surface area contributed by atoms with E-state index in [2.05, 4.69) is 63.9 Å². The fourth-order valence-electron chi connectivity index (χ4n) is 18.6. The molecule has 6 aliphatic rings. The Bertz CT molecular complexity index is 6120. The number of primary amides is 1. The van der Waals surface area contributed by atoms with Crippen LogP contribution in [0.2, 0.25) is 0 Å². The lowest BCUT2D eigenvalue weighted by molar-refractivity contribution is -0.116. The number of primary sulfonamides is 3. The maximum absolute atomic E-state index is 13.9. The lowest BCUT2D eigenvalue weighted by Crippen LogP contribution is -2.54. The molecule has 0 bridgehead atoms. The predicted molar refractivity (Wildman–Crippen MR) is 496 cm³/mol. The van der Waals surface area contributed by atoms with Gasteiger partial charge in [0.1, 0.15) is 50.1 Å². The predicted octanol–water partition coefficient (Wildman–Crippen LogP) is 9.81. The first-order valence-corrected chi connectivity index (χ1v) is 48.0. The second-order valence-corrected chi connectivity index (χ2v) is 38.6. The quantitative estimate of drug-likeness (QED) is 0.0551. The molecule has 8 N–H and O–H groups in total. The van der Waals surface area contributed by atoms with E-state index in [1.807, 2.05) is 144 Å². The van der Waals surface area contributed by atoms with Crippen molar-refractivity contribution >= 4 is 93.6 Å². The summed E-state index contributed by atoms with van der Waals surface area (Å²) in [7, 11) is -11.7. The lowest BCUT2D eigenvalue weighted by atomic mass is 9.90. The third kappa shape index (κ3) is 21.8. The molecule has 3 aromatic heterocycles. The third-order valence-corrected chi connectivity index (χ3v) is 28.3. The van der Waals surface area contributed by atoms with Crippen molar-refractivity contribution in [2.24, 2.45) is 33.0 Å². The van der Waals surface area contributed by atoms with Crippen LogP contribution in [0.4, 0.5) is 39.9 Å². The van der Waals surface area contributed by atoms with E-state index in [0.717, 1.165) is 145 Å². The van der Waals surface area contributed by atoms with Gasteiger partial charge in [0.2, 0.25) is 36.0 Å². The number of hydrogen-bond donors (Lipinski definition) is 4. The van der Waals surface area contributed by atoms with Gasteiger partial charge in [0.05, 0.1) is 51.7 Å². The molecule has 0 saturated carbocycles. The number of carbonyl (C=O) groups is 4. The Balaban J connectivity index is 0.000000164. The van der Waals surface area contributed by atoms with Crippen LogP contribution in [0.5, 0.6) is 0 Å². The number of sulfonamides is 3. The van der Waals surface area contributed by atoms with Crippen LogP contribution in [0.1, 0.15) is 138 Å². The molecule has 0 radical (unpaired) electrons. The molecule has 1 atom stereocenters. The first-order valence-electron chi connectivity index (χ1n) is 43.4. The molecule has 6 saturated heterocycles. The highest BCUT2D eigenvalue weighted by Gasteiger charge is 2.37. The number of rotatable bonds is 20. The summed E-state index contributed by atoms with van der Waals surface area (Å²) in [5, 5.41) is 44.8. The first kappa shape index (κ1) is 93.1. The molecule has 15 rings (SSSR count). The van der Waals surface area contributed by atoms with Crippen molar-refractivity contribution < 1.29 is 44.4 Å². The Kier molecular flexibility index (Phi) is 29.5. The van der Waals surface area contributed by atoms with Crippen LogP contribution in [0, 0.1) is 87.4 Å². The second kappa shape index (κ2) is 40.6. The van der Waals surface area contributed by atoms with Gasteiger partial charge in [0.25, 0.3) is 17.7 Å². The number of nitriles is 3. The van der Waals surface area contributed by atoms with Gasteiger partial charge in [-0.2, -0.15) is 15.8 Å². The Labute approximate surface area is 751 Å². The fraction of sp³-hybridized carbons (Fsp3) is 0.389. The summed E-state index contributed by atoms with van der Waals surface area (Å²) in [6.45, 7) is 23.7. The van der Waals surface area contributed by atoms with Gasteiger partial charge in [-0.3, -0.25) is 19.2 Å².